The zero-order chi connectivity index (χ0) is 36.6. The first-order valence-electron chi connectivity index (χ1n) is 15.0. The molecule has 0 saturated heterocycles. The smallest absolute Gasteiger partial charge is 0.479 e. The van der Waals surface area contributed by atoms with Crippen LogP contribution in [0.5, 0.6) is 0 Å². The van der Waals surface area contributed by atoms with Crippen molar-refractivity contribution in [1.29, 1.82) is 10.8 Å². The molecule has 0 bridgehead atoms. The summed E-state index contributed by atoms with van der Waals surface area (Å²) in [5, 5.41) is 42.1. The van der Waals surface area contributed by atoms with Crippen LogP contribution in [0.15, 0.2) is 131 Å². The number of benzene rings is 4. The van der Waals surface area contributed by atoms with Crippen molar-refractivity contribution in [2.75, 3.05) is 28.4 Å². The Morgan fingerprint density at radius 2 is 0.784 bits per heavy atom. The molecule has 1 radical (unpaired) electrons. The number of carbonyl (C=O) groups excluding carboxylic acids is 2. The molecule has 4 aromatic rings. The summed E-state index contributed by atoms with van der Waals surface area (Å²) in [6.07, 6.45) is 0. The van der Waals surface area contributed by atoms with Crippen LogP contribution in [0.1, 0.15) is 22.3 Å². The maximum Gasteiger partial charge on any atom is 2.00 e. The number of carbonyl (C=O) groups is 2. The van der Waals surface area contributed by atoms with Gasteiger partial charge in [0.15, 0.2) is 0 Å². The second-order valence-corrected chi connectivity index (χ2v) is 9.91. The Morgan fingerprint density at radius 3 is 1.00 bits per heavy atom. The van der Waals surface area contributed by atoms with Crippen molar-refractivity contribution in [2.45, 2.75) is 11.1 Å². The third-order valence-corrected chi connectivity index (χ3v) is 7.21. The molecule has 0 fully saturated rings. The molecule has 0 unspecified atom stereocenters. The number of amides is 2. The number of nitrogens with zero attached hydrogens (tertiary/aromatic N) is 4. The Hall–Kier alpha value is -5.86. The zero-order valence-corrected chi connectivity index (χ0v) is 29.1. The molecule has 2 aliphatic rings. The van der Waals surface area contributed by atoms with Crippen molar-refractivity contribution in [3.63, 3.8) is 0 Å². The largest absolute Gasteiger partial charge is 2.00 e. The van der Waals surface area contributed by atoms with Gasteiger partial charge in [-0.15, -0.1) is 0 Å². The van der Waals surface area contributed by atoms with Gasteiger partial charge in [0, 0.05) is 26.1 Å². The summed E-state index contributed by atoms with van der Waals surface area (Å²) in [5.41, 5.74) is 0.417. The standard InChI is InChI=1S/2C17H16N4O2.2CH4O.Cu/c2*1-23-15(18)20-16-19-14(22)17(21-16,12-8-4-2-5-9-12)13-10-6-3-7-11-13;2*1-2;/h2*2-11H,1H3,(H3,18,19,20,21,22);2*2H,1H3;/q;;;;+2/p-2. The summed E-state index contributed by atoms with van der Waals surface area (Å²) in [5.74, 6) is -0.674. The topological polar surface area (TPSA) is 218 Å². The summed E-state index contributed by atoms with van der Waals surface area (Å²) < 4.78 is 9.49. The van der Waals surface area contributed by atoms with Crippen LogP contribution in [-0.4, -0.2) is 74.4 Å². The number of hydrogen-bond donors (Lipinski definition) is 6. The summed E-state index contributed by atoms with van der Waals surface area (Å²) in [6.45, 7) is 0. The predicted molar refractivity (Wildman–Crippen MR) is 191 cm³/mol. The van der Waals surface area contributed by atoms with Crippen LogP contribution in [0.3, 0.4) is 0 Å². The van der Waals surface area contributed by atoms with Crippen LogP contribution in [0.2, 0.25) is 0 Å². The summed E-state index contributed by atoms with van der Waals surface area (Å²) in [7, 11) is 4.71. The Balaban J connectivity index is 0.000000317. The molecule has 0 aromatic heterocycles. The van der Waals surface area contributed by atoms with E-state index >= 15 is 0 Å². The number of guanidine groups is 2. The monoisotopic (exact) mass is 741 g/mol. The van der Waals surface area contributed by atoms with Crippen LogP contribution in [0.25, 0.3) is 10.6 Å². The van der Waals surface area contributed by atoms with E-state index in [9.17, 15) is 9.59 Å². The molecule has 14 nitrogen and oxygen atoms in total. The average molecular weight is 742 g/mol. The number of aliphatic imine (C=N–C) groups is 2. The van der Waals surface area contributed by atoms with E-state index in [-0.39, 0.29) is 41.0 Å². The Kier molecular flexibility index (Phi) is 16.2. The van der Waals surface area contributed by atoms with Crippen molar-refractivity contribution in [1.82, 2.24) is 10.6 Å². The quantitative estimate of drug-likeness (QED) is 0.102. The van der Waals surface area contributed by atoms with E-state index in [2.05, 4.69) is 31.3 Å². The number of rotatable bonds is 4. The molecule has 6 N–H and O–H groups in total. The van der Waals surface area contributed by atoms with Gasteiger partial charge in [-0.05, 0) is 22.3 Å². The van der Waals surface area contributed by atoms with Crippen molar-refractivity contribution in [3.8, 4) is 0 Å². The fourth-order valence-electron chi connectivity index (χ4n) is 5.04. The first-order chi connectivity index (χ1) is 24.3. The number of ether oxygens (including phenoxy) is 2. The van der Waals surface area contributed by atoms with E-state index in [1.807, 2.05) is 121 Å². The summed E-state index contributed by atoms with van der Waals surface area (Å²) >= 11 is 0. The molecule has 2 heterocycles. The third-order valence-electron chi connectivity index (χ3n) is 7.21. The van der Waals surface area contributed by atoms with Crippen molar-refractivity contribution >= 4 is 35.8 Å². The van der Waals surface area contributed by atoms with E-state index in [0.717, 1.165) is 36.5 Å². The van der Waals surface area contributed by atoms with E-state index in [1.54, 1.807) is 0 Å². The minimum atomic E-state index is -1.24. The van der Waals surface area contributed by atoms with E-state index in [1.165, 1.54) is 14.2 Å². The predicted octanol–water partition coefficient (Wildman–Crippen LogP) is 3.96. The molecule has 4 aromatic carbocycles. The molecule has 6 rings (SSSR count). The molecule has 2 aliphatic heterocycles. The third kappa shape index (κ3) is 9.23. The first kappa shape index (κ1) is 41.3. The van der Waals surface area contributed by atoms with E-state index in [4.69, 9.17) is 30.5 Å². The van der Waals surface area contributed by atoms with Crippen molar-refractivity contribution in [3.05, 3.63) is 154 Å². The molecular weight excluding hydrogens is 704 g/mol. The van der Waals surface area contributed by atoms with Gasteiger partial charge >= 0.3 is 17.1 Å². The molecule has 51 heavy (non-hydrogen) atoms. The van der Waals surface area contributed by atoms with Gasteiger partial charge in [-0.3, -0.25) is 20.4 Å². The summed E-state index contributed by atoms with van der Waals surface area (Å²) in [6, 6.07) is 36.6. The number of methoxy groups -OCH3 is 2. The molecule has 0 atom stereocenters. The van der Waals surface area contributed by atoms with Gasteiger partial charge in [0.05, 0.1) is 14.2 Å². The molecule has 15 heteroatoms. The van der Waals surface area contributed by atoms with Crippen LogP contribution in [0, 0.1) is 10.8 Å². The first-order valence-corrected chi connectivity index (χ1v) is 15.0. The number of amidine groups is 2. The zero-order valence-electron chi connectivity index (χ0n) is 28.2. The van der Waals surface area contributed by atoms with Crippen molar-refractivity contribution < 1.29 is 46.3 Å². The van der Waals surface area contributed by atoms with Crippen LogP contribution in [0.4, 0.5) is 0 Å². The Morgan fingerprint density at radius 1 is 0.549 bits per heavy atom. The van der Waals surface area contributed by atoms with Gasteiger partial charge in [-0.1, -0.05) is 121 Å². The molecule has 0 aliphatic carbocycles. The van der Waals surface area contributed by atoms with E-state index in [0.29, 0.717) is 0 Å². The number of nitrogens with one attached hydrogen (secondary N) is 4. The molecule has 0 spiro atoms. The van der Waals surface area contributed by atoms with Gasteiger partial charge in [0.2, 0.25) is 23.9 Å². The van der Waals surface area contributed by atoms with Crippen molar-refractivity contribution in [2.24, 2.45) is 9.98 Å². The van der Waals surface area contributed by atoms with Gasteiger partial charge in [-0.2, -0.15) is 0 Å². The van der Waals surface area contributed by atoms with Gasteiger partial charge in [0.1, 0.15) is 11.1 Å². The van der Waals surface area contributed by atoms with Crippen LogP contribution < -0.4 is 10.6 Å². The van der Waals surface area contributed by atoms with Gasteiger partial charge in [0.25, 0.3) is 0 Å². The molecule has 269 valence electrons. The number of aliphatic hydroxyl groups is 2. The SMILES string of the molecule is CO.CO.COC(=N)NC1=NC(c2ccccc2)(c2ccccc2)C(=O)[N-]1.COC(=N)NC1=NC(c2ccccc2)(c2ccccc2)C(=O)[N-]1.[Cu+2]. The maximum absolute atomic E-state index is 12.7. The molecule has 0 saturated carbocycles. The maximum atomic E-state index is 12.7. The minimum Gasteiger partial charge on any atom is -0.479 e. The fraction of sp³-hybridized carbons (Fsp3) is 0.167. The average Bonchev–Trinajstić information content (AvgIpc) is 3.70. The fourth-order valence-corrected chi connectivity index (χ4v) is 5.04. The van der Waals surface area contributed by atoms with Crippen LogP contribution >= 0.6 is 0 Å². The van der Waals surface area contributed by atoms with Crippen LogP contribution in [-0.2, 0) is 47.2 Å². The normalized spacial score (nSPS) is 14.2. The number of hydrogen-bond acceptors (Lipinski definition) is 10. The van der Waals surface area contributed by atoms with Gasteiger partial charge < -0.3 is 50.9 Å². The Bertz CT molecular complexity index is 1580. The second kappa shape index (κ2) is 20.0. The van der Waals surface area contributed by atoms with E-state index < -0.39 is 22.9 Å². The summed E-state index contributed by atoms with van der Waals surface area (Å²) in [4.78, 5) is 34.5. The minimum absolute atomic E-state index is 0. The molecule has 2 amide bonds. The Labute approximate surface area is 306 Å². The van der Waals surface area contributed by atoms with Gasteiger partial charge in [-0.25, -0.2) is 0 Å². The second-order valence-electron chi connectivity index (χ2n) is 9.91. The number of aliphatic hydroxyl groups excluding tert-OH is 2. The molecular formula is C36H38CuN8O6.